The van der Waals surface area contributed by atoms with Gasteiger partial charge in [-0.25, -0.2) is 15.0 Å². The van der Waals surface area contributed by atoms with E-state index >= 15 is 0 Å². The van der Waals surface area contributed by atoms with E-state index in [4.69, 9.17) is 37.4 Å². The van der Waals surface area contributed by atoms with Gasteiger partial charge in [-0.3, -0.25) is 19.0 Å². The first-order valence-corrected chi connectivity index (χ1v) is 11.2. The molecule has 2 aromatic heterocycles. The summed E-state index contributed by atoms with van der Waals surface area (Å²) in [4.78, 5) is 48.5. The standard InChI is InChI=1S/C21H19Cl2N5O6/c22-7-16(29)32-9-14-13(34-17(30)8-23)6-15(33-14)28-11-26-18-19(24-10-25-20(18)28)27-21(31)12-4-2-1-3-5-12/h1-5,10-11,13-15H,6-9H2,(H,24,25,27,31)/t13-,14+,15+/m0/s1. The topological polar surface area (TPSA) is 135 Å². The van der Waals surface area contributed by atoms with Gasteiger partial charge in [-0.05, 0) is 12.1 Å². The van der Waals surface area contributed by atoms with Crippen molar-refractivity contribution in [3.63, 3.8) is 0 Å². The highest BCUT2D eigenvalue weighted by atomic mass is 35.5. The van der Waals surface area contributed by atoms with Crippen LogP contribution in [0.2, 0.25) is 0 Å². The predicted molar refractivity (Wildman–Crippen MR) is 121 cm³/mol. The Morgan fingerprint density at radius 3 is 2.59 bits per heavy atom. The second kappa shape index (κ2) is 10.8. The Morgan fingerprint density at radius 2 is 1.85 bits per heavy atom. The zero-order valence-corrected chi connectivity index (χ0v) is 19.1. The molecular weight excluding hydrogens is 489 g/mol. The molecule has 1 amide bonds. The minimum atomic E-state index is -0.749. The predicted octanol–water partition coefficient (Wildman–Crippen LogP) is 2.30. The number of hydrogen-bond donors (Lipinski definition) is 1. The number of benzene rings is 1. The second-order valence-electron chi connectivity index (χ2n) is 7.21. The van der Waals surface area contributed by atoms with Crippen LogP contribution in [0.4, 0.5) is 5.82 Å². The summed E-state index contributed by atoms with van der Waals surface area (Å²) >= 11 is 11.0. The molecule has 1 aliphatic heterocycles. The average Bonchev–Trinajstić information content (AvgIpc) is 3.47. The molecule has 11 nitrogen and oxygen atoms in total. The summed E-state index contributed by atoms with van der Waals surface area (Å²) in [6.07, 6.45) is 0.880. The summed E-state index contributed by atoms with van der Waals surface area (Å²) in [6.45, 7) is -0.164. The van der Waals surface area contributed by atoms with Crippen molar-refractivity contribution in [1.82, 2.24) is 19.5 Å². The first-order chi connectivity index (χ1) is 16.5. The number of imidazole rings is 1. The fourth-order valence-corrected chi connectivity index (χ4v) is 3.62. The minimum absolute atomic E-state index is 0.164. The number of nitrogens with one attached hydrogen (secondary N) is 1. The summed E-state index contributed by atoms with van der Waals surface area (Å²) in [6, 6.07) is 8.68. The molecule has 3 atom stereocenters. The Morgan fingerprint density at radius 1 is 1.09 bits per heavy atom. The molecule has 178 valence electrons. The lowest BCUT2D eigenvalue weighted by Crippen LogP contribution is -2.32. The highest BCUT2D eigenvalue weighted by Crippen LogP contribution is 2.33. The first-order valence-electron chi connectivity index (χ1n) is 10.2. The Hall–Kier alpha value is -3.28. The van der Waals surface area contributed by atoms with Crippen molar-refractivity contribution in [2.45, 2.75) is 24.9 Å². The number of hydrogen-bond acceptors (Lipinski definition) is 9. The quantitative estimate of drug-likeness (QED) is 0.359. The van der Waals surface area contributed by atoms with Crippen LogP contribution in [0.5, 0.6) is 0 Å². The van der Waals surface area contributed by atoms with Crippen LogP contribution in [0.3, 0.4) is 0 Å². The average molecular weight is 508 g/mol. The molecule has 0 unspecified atom stereocenters. The Bertz CT molecular complexity index is 1190. The van der Waals surface area contributed by atoms with Crippen LogP contribution in [0.1, 0.15) is 23.0 Å². The normalized spacial score (nSPS) is 19.6. The van der Waals surface area contributed by atoms with Crippen molar-refractivity contribution >= 4 is 58.0 Å². The van der Waals surface area contributed by atoms with Crippen LogP contribution in [0.25, 0.3) is 11.2 Å². The third-order valence-corrected chi connectivity index (χ3v) is 5.46. The second-order valence-corrected chi connectivity index (χ2v) is 7.74. The van der Waals surface area contributed by atoms with E-state index in [0.717, 1.165) is 0 Å². The number of carbonyl (C=O) groups excluding carboxylic acids is 3. The molecule has 0 spiro atoms. The fourth-order valence-electron chi connectivity index (χ4n) is 3.48. The molecule has 34 heavy (non-hydrogen) atoms. The number of ether oxygens (including phenoxy) is 3. The van der Waals surface area contributed by atoms with E-state index in [2.05, 4.69) is 20.3 Å². The number of rotatable bonds is 8. The maximum atomic E-state index is 12.5. The van der Waals surface area contributed by atoms with Crippen molar-refractivity contribution in [2.75, 3.05) is 23.7 Å². The summed E-state index contributed by atoms with van der Waals surface area (Å²) in [5.41, 5.74) is 1.21. The van der Waals surface area contributed by atoms with Gasteiger partial charge >= 0.3 is 11.9 Å². The van der Waals surface area contributed by atoms with Crippen LogP contribution in [-0.4, -0.2) is 67.9 Å². The van der Waals surface area contributed by atoms with Crippen LogP contribution >= 0.6 is 23.2 Å². The molecule has 13 heteroatoms. The van der Waals surface area contributed by atoms with Gasteiger partial charge < -0.3 is 19.5 Å². The summed E-state index contributed by atoms with van der Waals surface area (Å²) in [7, 11) is 0. The van der Waals surface area contributed by atoms with Gasteiger partial charge in [-0.15, -0.1) is 23.2 Å². The maximum absolute atomic E-state index is 12.5. The molecule has 0 radical (unpaired) electrons. The number of aromatic nitrogens is 4. The molecule has 0 bridgehead atoms. The number of anilines is 1. The summed E-state index contributed by atoms with van der Waals surface area (Å²) in [5.74, 6) is -2.02. The van der Waals surface area contributed by atoms with E-state index in [-0.39, 0.29) is 36.5 Å². The van der Waals surface area contributed by atoms with Crippen molar-refractivity contribution in [3.05, 3.63) is 48.5 Å². The van der Waals surface area contributed by atoms with Crippen LogP contribution in [-0.2, 0) is 23.8 Å². The third kappa shape index (κ3) is 5.27. The monoisotopic (exact) mass is 507 g/mol. The van der Waals surface area contributed by atoms with Gasteiger partial charge in [0.25, 0.3) is 5.91 Å². The van der Waals surface area contributed by atoms with Crippen LogP contribution in [0, 0.1) is 0 Å². The van der Waals surface area contributed by atoms with E-state index in [9.17, 15) is 14.4 Å². The van der Waals surface area contributed by atoms with Gasteiger partial charge in [0.2, 0.25) is 0 Å². The Balaban J connectivity index is 1.55. The number of carbonyl (C=O) groups is 3. The van der Waals surface area contributed by atoms with E-state index in [0.29, 0.717) is 16.7 Å². The minimum Gasteiger partial charge on any atom is -0.462 e. The van der Waals surface area contributed by atoms with Gasteiger partial charge in [0.05, 0.1) is 6.33 Å². The van der Waals surface area contributed by atoms with Crippen molar-refractivity contribution in [1.29, 1.82) is 0 Å². The lowest BCUT2D eigenvalue weighted by molar-refractivity contribution is -0.155. The number of nitrogens with zero attached hydrogens (tertiary/aromatic N) is 4. The molecule has 3 heterocycles. The van der Waals surface area contributed by atoms with Crippen LogP contribution < -0.4 is 5.32 Å². The highest BCUT2D eigenvalue weighted by Gasteiger charge is 2.40. The maximum Gasteiger partial charge on any atom is 0.321 e. The van der Waals surface area contributed by atoms with E-state index in [1.165, 1.54) is 12.7 Å². The molecule has 4 rings (SSSR count). The van der Waals surface area contributed by atoms with Gasteiger partial charge in [0.15, 0.2) is 17.0 Å². The van der Waals surface area contributed by atoms with E-state index in [1.807, 2.05) is 6.07 Å². The van der Waals surface area contributed by atoms with Gasteiger partial charge in [-0.1, -0.05) is 18.2 Å². The number of esters is 2. The zero-order valence-electron chi connectivity index (χ0n) is 17.6. The lowest BCUT2D eigenvalue weighted by atomic mass is 10.2. The molecule has 1 aliphatic rings. The van der Waals surface area contributed by atoms with Gasteiger partial charge in [-0.2, -0.15) is 0 Å². The van der Waals surface area contributed by atoms with Crippen molar-refractivity contribution in [2.24, 2.45) is 0 Å². The van der Waals surface area contributed by atoms with Crippen molar-refractivity contribution < 1.29 is 28.6 Å². The van der Waals surface area contributed by atoms with Gasteiger partial charge in [0, 0.05) is 12.0 Å². The summed E-state index contributed by atoms with van der Waals surface area (Å²) in [5, 5.41) is 2.73. The number of alkyl halides is 2. The molecule has 1 fully saturated rings. The first kappa shape index (κ1) is 23.9. The number of fused-ring (bicyclic) bond motifs is 1. The largest absolute Gasteiger partial charge is 0.462 e. The number of halogens is 2. The highest BCUT2D eigenvalue weighted by molar-refractivity contribution is 6.26. The Labute approximate surface area is 203 Å². The molecular formula is C21H19Cl2N5O6. The van der Waals surface area contributed by atoms with E-state index in [1.54, 1.807) is 28.8 Å². The fraction of sp³-hybridized carbons (Fsp3) is 0.333. The molecule has 3 aromatic rings. The van der Waals surface area contributed by atoms with Gasteiger partial charge in [0.1, 0.15) is 43.1 Å². The molecule has 0 saturated carbocycles. The van der Waals surface area contributed by atoms with E-state index < -0.39 is 30.4 Å². The zero-order chi connectivity index (χ0) is 24.1. The molecule has 1 saturated heterocycles. The van der Waals surface area contributed by atoms with Crippen LogP contribution in [0.15, 0.2) is 43.0 Å². The molecule has 1 aromatic carbocycles. The summed E-state index contributed by atoms with van der Waals surface area (Å²) < 4.78 is 18.0. The third-order valence-electron chi connectivity index (χ3n) is 5.03. The lowest BCUT2D eigenvalue weighted by Gasteiger charge is -2.18. The smallest absolute Gasteiger partial charge is 0.321 e. The van der Waals surface area contributed by atoms with Crippen molar-refractivity contribution in [3.8, 4) is 0 Å². The molecule has 1 N–H and O–H groups in total. The SMILES string of the molecule is O=C(CCl)OC[C@H]1O[C@@H](n2cnc3c(NC(=O)c4ccccc4)ncnc32)C[C@@H]1OC(=O)CCl. The number of amides is 1. The molecule has 0 aliphatic carbocycles. The Kier molecular flexibility index (Phi) is 7.56.